The van der Waals surface area contributed by atoms with Crippen molar-refractivity contribution in [2.75, 3.05) is 19.7 Å². The van der Waals surface area contributed by atoms with Crippen LogP contribution in [-0.4, -0.2) is 51.4 Å². The quantitative estimate of drug-likeness (QED) is 0.833. The van der Waals surface area contributed by atoms with Gasteiger partial charge in [0.05, 0.1) is 23.6 Å². The number of morpholine rings is 1. The number of carbonyl (C=O) groups is 1. The number of hydrogen-bond donors (Lipinski definition) is 1. The Bertz CT molecular complexity index is 860. The van der Waals surface area contributed by atoms with Gasteiger partial charge in [0, 0.05) is 32.1 Å². The van der Waals surface area contributed by atoms with E-state index >= 15 is 0 Å². The van der Waals surface area contributed by atoms with Gasteiger partial charge in [-0.05, 0) is 19.4 Å². The third-order valence-electron chi connectivity index (χ3n) is 4.34. The van der Waals surface area contributed by atoms with E-state index in [0.29, 0.717) is 36.8 Å². The van der Waals surface area contributed by atoms with E-state index in [1.165, 1.54) is 16.0 Å². The SMILES string of the molecule is Cc1nn(C)c(=O)c(-c2nc(CN3CCOC(C(N)=O)C3)cs2)c1C. The lowest BCUT2D eigenvalue weighted by atomic mass is 10.1. The monoisotopic (exact) mass is 363 g/mol. The molecule has 2 aromatic rings. The minimum Gasteiger partial charge on any atom is -0.367 e. The molecule has 3 heterocycles. The van der Waals surface area contributed by atoms with Crippen molar-refractivity contribution in [1.29, 1.82) is 0 Å². The molecular weight excluding hydrogens is 342 g/mol. The topological polar surface area (TPSA) is 103 Å². The van der Waals surface area contributed by atoms with Crippen LogP contribution < -0.4 is 11.3 Å². The van der Waals surface area contributed by atoms with Gasteiger partial charge >= 0.3 is 0 Å². The van der Waals surface area contributed by atoms with Crippen LogP contribution in [0.1, 0.15) is 17.0 Å². The van der Waals surface area contributed by atoms with Crippen LogP contribution in [0.3, 0.4) is 0 Å². The highest BCUT2D eigenvalue weighted by molar-refractivity contribution is 7.13. The molecule has 0 bridgehead atoms. The van der Waals surface area contributed by atoms with Crippen molar-refractivity contribution in [3.63, 3.8) is 0 Å². The summed E-state index contributed by atoms with van der Waals surface area (Å²) < 4.78 is 6.70. The van der Waals surface area contributed by atoms with Gasteiger partial charge in [0.1, 0.15) is 11.1 Å². The zero-order chi connectivity index (χ0) is 18.1. The van der Waals surface area contributed by atoms with E-state index in [2.05, 4.69) is 15.0 Å². The highest BCUT2D eigenvalue weighted by Crippen LogP contribution is 2.25. The van der Waals surface area contributed by atoms with Crippen molar-refractivity contribution in [2.45, 2.75) is 26.5 Å². The maximum Gasteiger partial charge on any atom is 0.277 e. The second-order valence-electron chi connectivity index (χ2n) is 6.16. The number of nitrogens with two attached hydrogens (primary N) is 1. The molecule has 9 heteroatoms. The Labute approximate surface area is 149 Å². The minimum atomic E-state index is -0.579. The van der Waals surface area contributed by atoms with E-state index in [9.17, 15) is 9.59 Å². The van der Waals surface area contributed by atoms with E-state index < -0.39 is 12.0 Å². The van der Waals surface area contributed by atoms with E-state index in [1.807, 2.05) is 19.2 Å². The Hall–Kier alpha value is -2.10. The zero-order valence-electron chi connectivity index (χ0n) is 14.5. The summed E-state index contributed by atoms with van der Waals surface area (Å²) in [5, 5.41) is 6.84. The number of aryl methyl sites for hydroxylation is 2. The van der Waals surface area contributed by atoms with Crippen LogP contribution in [-0.2, 0) is 23.1 Å². The van der Waals surface area contributed by atoms with Crippen LogP contribution in [0.2, 0.25) is 0 Å². The van der Waals surface area contributed by atoms with Crippen molar-refractivity contribution in [3.8, 4) is 10.6 Å². The highest BCUT2D eigenvalue weighted by atomic mass is 32.1. The van der Waals surface area contributed by atoms with Crippen LogP contribution in [0.5, 0.6) is 0 Å². The van der Waals surface area contributed by atoms with Gasteiger partial charge in [-0.3, -0.25) is 14.5 Å². The molecule has 134 valence electrons. The molecule has 25 heavy (non-hydrogen) atoms. The van der Waals surface area contributed by atoms with Gasteiger partial charge in [-0.25, -0.2) is 9.67 Å². The molecule has 1 fully saturated rings. The highest BCUT2D eigenvalue weighted by Gasteiger charge is 2.25. The average Bonchev–Trinajstić information content (AvgIpc) is 3.01. The van der Waals surface area contributed by atoms with Gasteiger partial charge in [-0.2, -0.15) is 5.10 Å². The first-order valence-corrected chi connectivity index (χ1v) is 8.87. The van der Waals surface area contributed by atoms with E-state index in [4.69, 9.17) is 10.5 Å². The molecule has 3 rings (SSSR count). The summed E-state index contributed by atoms with van der Waals surface area (Å²) in [7, 11) is 1.64. The molecule has 0 aliphatic carbocycles. The fraction of sp³-hybridized carbons (Fsp3) is 0.500. The van der Waals surface area contributed by atoms with Gasteiger partial charge in [0.25, 0.3) is 5.56 Å². The predicted molar refractivity (Wildman–Crippen MR) is 94.3 cm³/mol. The molecule has 1 aliphatic rings. The van der Waals surface area contributed by atoms with Crippen molar-refractivity contribution in [1.82, 2.24) is 19.7 Å². The molecule has 8 nitrogen and oxygen atoms in total. The van der Waals surface area contributed by atoms with Gasteiger partial charge in [-0.15, -0.1) is 11.3 Å². The smallest absolute Gasteiger partial charge is 0.277 e. The maximum atomic E-state index is 12.4. The number of amides is 1. The van der Waals surface area contributed by atoms with Crippen LogP contribution in [0, 0.1) is 13.8 Å². The summed E-state index contributed by atoms with van der Waals surface area (Å²) in [6.45, 7) is 5.99. The third kappa shape index (κ3) is 3.63. The molecule has 1 unspecified atom stereocenters. The first-order chi connectivity index (χ1) is 11.9. The Kier molecular flexibility index (Phi) is 4.98. The van der Waals surface area contributed by atoms with Crippen molar-refractivity contribution in [2.24, 2.45) is 12.8 Å². The first kappa shape index (κ1) is 17.7. The molecule has 1 atom stereocenters. The van der Waals surface area contributed by atoms with Crippen molar-refractivity contribution < 1.29 is 9.53 Å². The Morgan fingerprint density at radius 2 is 2.24 bits per heavy atom. The van der Waals surface area contributed by atoms with E-state index in [0.717, 1.165) is 17.0 Å². The molecule has 0 spiro atoms. The lowest BCUT2D eigenvalue weighted by molar-refractivity contribution is -0.135. The summed E-state index contributed by atoms with van der Waals surface area (Å²) in [6, 6.07) is 0. The van der Waals surface area contributed by atoms with Gasteiger partial charge in [0.15, 0.2) is 0 Å². The van der Waals surface area contributed by atoms with Gasteiger partial charge in [0.2, 0.25) is 5.91 Å². The molecule has 0 saturated carbocycles. The number of thiazole rings is 1. The summed E-state index contributed by atoms with van der Waals surface area (Å²) in [6.07, 6.45) is -0.579. The molecule has 1 saturated heterocycles. The summed E-state index contributed by atoms with van der Waals surface area (Å²) in [5.74, 6) is -0.449. The number of carbonyl (C=O) groups excluding carboxylic acids is 1. The van der Waals surface area contributed by atoms with Gasteiger partial charge in [-0.1, -0.05) is 0 Å². The number of hydrogen-bond acceptors (Lipinski definition) is 7. The van der Waals surface area contributed by atoms with E-state index in [-0.39, 0.29) is 5.56 Å². The molecule has 1 amide bonds. The molecule has 1 aliphatic heterocycles. The Morgan fingerprint density at radius 3 is 2.96 bits per heavy atom. The molecule has 2 N–H and O–H groups in total. The van der Waals surface area contributed by atoms with Crippen molar-refractivity contribution >= 4 is 17.2 Å². The fourth-order valence-electron chi connectivity index (χ4n) is 2.84. The number of primary amides is 1. The first-order valence-electron chi connectivity index (χ1n) is 7.99. The normalized spacial score (nSPS) is 18.4. The standard InChI is InChI=1S/C16H21N5O3S/c1-9-10(2)19-20(3)16(23)13(9)15-18-11(8-25-15)6-21-4-5-24-12(7-21)14(17)22/h8,12H,4-7H2,1-3H3,(H2,17,22). The van der Waals surface area contributed by atoms with E-state index in [1.54, 1.807) is 7.05 Å². The summed E-state index contributed by atoms with van der Waals surface area (Å²) >= 11 is 1.44. The largest absolute Gasteiger partial charge is 0.367 e. The fourth-order valence-corrected chi connectivity index (χ4v) is 3.75. The molecule has 0 radical (unpaired) electrons. The van der Waals surface area contributed by atoms with Crippen LogP contribution in [0.25, 0.3) is 10.6 Å². The van der Waals surface area contributed by atoms with Crippen LogP contribution >= 0.6 is 11.3 Å². The molecule has 2 aromatic heterocycles. The zero-order valence-corrected chi connectivity index (χ0v) is 15.3. The maximum absolute atomic E-state index is 12.4. The minimum absolute atomic E-state index is 0.149. The van der Waals surface area contributed by atoms with Crippen molar-refractivity contribution in [3.05, 3.63) is 32.7 Å². The molecular formula is C16H21N5O3S. The average molecular weight is 363 g/mol. The Morgan fingerprint density at radius 1 is 1.48 bits per heavy atom. The lowest BCUT2D eigenvalue weighted by Gasteiger charge is -2.30. The number of rotatable bonds is 4. The predicted octanol–water partition coefficient (Wildman–Crippen LogP) is 0.207. The second-order valence-corrected chi connectivity index (χ2v) is 7.01. The number of aromatic nitrogens is 3. The number of nitrogens with zero attached hydrogens (tertiary/aromatic N) is 4. The summed E-state index contributed by atoms with van der Waals surface area (Å²) in [5.41, 5.74) is 8.29. The lowest BCUT2D eigenvalue weighted by Crippen LogP contribution is -2.47. The summed E-state index contributed by atoms with van der Waals surface area (Å²) in [4.78, 5) is 30.5. The molecule has 0 aromatic carbocycles. The second kappa shape index (κ2) is 7.03. The van der Waals surface area contributed by atoms with Gasteiger partial charge < -0.3 is 10.5 Å². The van der Waals surface area contributed by atoms with Crippen LogP contribution in [0.4, 0.5) is 0 Å². The number of ether oxygens (including phenoxy) is 1. The van der Waals surface area contributed by atoms with Crippen LogP contribution in [0.15, 0.2) is 10.2 Å². The third-order valence-corrected chi connectivity index (χ3v) is 5.25. The Balaban J connectivity index is 1.82.